The molecule has 1 fully saturated rings. The zero-order valence-corrected chi connectivity index (χ0v) is 12.6. The SMILES string of the molecule is CN(Cc1ccc(F)c(C#CCN)c1)CC1CCCOC1. The van der Waals surface area contributed by atoms with Crippen LogP contribution < -0.4 is 5.73 Å². The van der Waals surface area contributed by atoms with Crippen LogP contribution in [0.4, 0.5) is 4.39 Å². The van der Waals surface area contributed by atoms with Crippen LogP contribution in [0.1, 0.15) is 24.0 Å². The lowest BCUT2D eigenvalue weighted by atomic mass is 10.0. The van der Waals surface area contributed by atoms with Crippen molar-refractivity contribution in [1.29, 1.82) is 0 Å². The first-order valence-electron chi connectivity index (χ1n) is 7.42. The van der Waals surface area contributed by atoms with Crippen LogP contribution in [0.3, 0.4) is 0 Å². The van der Waals surface area contributed by atoms with Gasteiger partial charge in [0.25, 0.3) is 0 Å². The molecule has 1 atom stereocenters. The standard InChI is InChI=1S/C17H23FN2O/c1-20(12-15-4-3-9-21-13-15)11-14-6-7-17(18)16(10-14)5-2-8-19/h6-7,10,15H,3-4,8-9,11-13,19H2,1H3. The van der Waals surface area contributed by atoms with Crippen molar-refractivity contribution in [2.24, 2.45) is 11.7 Å². The van der Waals surface area contributed by atoms with Gasteiger partial charge in [0.05, 0.1) is 18.7 Å². The summed E-state index contributed by atoms with van der Waals surface area (Å²) in [5.74, 6) is 5.79. The molecule has 2 N–H and O–H groups in total. The molecule has 0 aromatic heterocycles. The fourth-order valence-corrected chi connectivity index (χ4v) is 2.68. The van der Waals surface area contributed by atoms with E-state index >= 15 is 0 Å². The van der Waals surface area contributed by atoms with Crippen LogP contribution in [0.2, 0.25) is 0 Å². The molecule has 114 valence electrons. The Morgan fingerprint density at radius 2 is 2.33 bits per heavy atom. The van der Waals surface area contributed by atoms with Gasteiger partial charge in [0.1, 0.15) is 5.82 Å². The summed E-state index contributed by atoms with van der Waals surface area (Å²) in [6, 6.07) is 5.11. The van der Waals surface area contributed by atoms with E-state index in [2.05, 4.69) is 23.8 Å². The van der Waals surface area contributed by atoms with Crippen LogP contribution in [0, 0.1) is 23.6 Å². The third-order valence-corrected chi connectivity index (χ3v) is 3.63. The molecule has 1 aliphatic rings. The van der Waals surface area contributed by atoms with Crippen LogP contribution in [-0.4, -0.2) is 38.3 Å². The van der Waals surface area contributed by atoms with Crippen molar-refractivity contribution in [3.63, 3.8) is 0 Å². The van der Waals surface area contributed by atoms with Gasteiger partial charge in [-0.25, -0.2) is 4.39 Å². The number of nitrogens with two attached hydrogens (primary N) is 1. The molecule has 1 saturated heterocycles. The second-order valence-corrected chi connectivity index (χ2v) is 5.60. The normalized spacial score (nSPS) is 18.4. The van der Waals surface area contributed by atoms with E-state index < -0.39 is 0 Å². The monoisotopic (exact) mass is 290 g/mol. The fourth-order valence-electron chi connectivity index (χ4n) is 2.68. The summed E-state index contributed by atoms with van der Waals surface area (Å²) in [6.07, 6.45) is 2.37. The zero-order valence-electron chi connectivity index (χ0n) is 12.6. The maximum Gasteiger partial charge on any atom is 0.138 e. The van der Waals surface area contributed by atoms with Crippen LogP contribution in [0.15, 0.2) is 18.2 Å². The Balaban J connectivity index is 1.95. The predicted molar refractivity (Wildman–Crippen MR) is 82.2 cm³/mol. The van der Waals surface area contributed by atoms with Gasteiger partial charge in [-0.15, -0.1) is 0 Å². The maximum absolute atomic E-state index is 13.6. The van der Waals surface area contributed by atoms with E-state index in [1.165, 1.54) is 12.5 Å². The number of nitrogens with zero attached hydrogens (tertiary/aromatic N) is 1. The molecule has 21 heavy (non-hydrogen) atoms. The molecule has 0 spiro atoms. The number of hydrogen-bond acceptors (Lipinski definition) is 3. The molecule has 1 aromatic carbocycles. The highest BCUT2D eigenvalue weighted by Gasteiger charge is 2.16. The second-order valence-electron chi connectivity index (χ2n) is 5.60. The van der Waals surface area contributed by atoms with Crippen molar-refractivity contribution in [2.75, 3.05) is 33.4 Å². The van der Waals surface area contributed by atoms with E-state index in [-0.39, 0.29) is 12.4 Å². The Hall–Kier alpha value is -1.41. The number of ether oxygens (including phenoxy) is 1. The molecule has 0 aliphatic carbocycles. The Morgan fingerprint density at radius 3 is 3.05 bits per heavy atom. The Morgan fingerprint density at radius 1 is 1.48 bits per heavy atom. The molecular weight excluding hydrogens is 267 g/mol. The molecular formula is C17H23FN2O. The summed E-state index contributed by atoms with van der Waals surface area (Å²) in [5.41, 5.74) is 6.82. The molecule has 1 aliphatic heterocycles. The van der Waals surface area contributed by atoms with Crippen molar-refractivity contribution in [3.8, 4) is 11.8 Å². The molecule has 1 aromatic rings. The number of halogens is 1. The smallest absolute Gasteiger partial charge is 0.138 e. The summed E-state index contributed by atoms with van der Waals surface area (Å²) in [6.45, 7) is 3.77. The summed E-state index contributed by atoms with van der Waals surface area (Å²) in [7, 11) is 2.09. The van der Waals surface area contributed by atoms with Gasteiger partial charge in [-0.2, -0.15) is 0 Å². The molecule has 1 unspecified atom stereocenters. The average Bonchev–Trinajstić information content (AvgIpc) is 2.48. The summed E-state index contributed by atoms with van der Waals surface area (Å²) in [5, 5.41) is 0. The first-order valence-corrected chi connectivity index (χ1v) is 7.42. The van der Waals surface area contributed by atoms with E-state index in [1.807, 2.05) is 12.1 Å². The van der Waals surface area contributed by atoms with Gasteiger partial charge in [0, 0.05) is 19.7 Å². The zero-order chi connectivity index (χ0) is 15.1. The third kappa shape index (κ3) is 5.13. The summed E-state index contributed by atoms with van der Waals surface area (Å²) in [4.78, 5) is 2.26. The van der Waals surface area contributed by atoms with E-state index in [4.69, 9.17) is 10.5 Å². The van der Waals surface area contributed by atoms with Crippen molar-refractivity contribution >= 4 is 0 Å². The number of benzene rings is 1. The lowest BCUT2D eigenvalue weighted by Crippen LogP contribution is -2.30. The van der Waals surface area contributed by atoms with Gasteiger partial charge in [0.2, 0.25) is 0 Å². The second kappa shape index (κ2) is 8.14. The topological polar surface area (TPSA) is 38.5 Å². The predicted octanol–water partition coefficient (Wildman–Crippen LogP) is 1.99. The quantitative estimate of drug-likeness (QED) is 0.862. The van der Waals surface area contributed by atoms with Crippen molar-refractivity contribution in [3.05, 3.63) is 35.1 Å². The largest absolute Gasteiger partial charge is 0.381 e. The number of rotatable bonds is 4. The lowest BCUT2D eigenvalue weighted by Gasteiger charge is -2.27. The molecule has 0 saturated carbocycles. The van der Waals surface area contributed by atoms with E-state index in [0.29, 0.717) is 11.5 Å². The van der Waals surface area contributed by atoms with Crippen LogP contribution >= 0.6 is 0 Å². The van der Waals surface area contributed by atoms with Gasteiger partial charge >= 0.3 is 0 Å². The minimum atomic E-state index is -0.289. The molecule has 1 heterocycles. The minimum Gasteiger partial charge on any atom is -0.381 e. The van der Waals surface area contributed by atoms with Gasteiger partial charge in [-0.3, -0.25) is 0 Å². The van der Waals surface area contributed by atoms with Crippen molar-refractivity contribution in [1.82, 2.24) is 4.90 Å². The Bertz CT molecular complexity index is 515. The van der Waals surface area contributed by atoms with Gasteiger partial charge in [0.15, 0.2) is 0 Å². The maximum atomic E-state index is 13.6. The lowest BCUT2D eigenvalue weighted by molar-refractivity contribution is 0.0411. The first kappa shape index (κ1) is 16.0. The highest BCUT2D eigenvalue weighted by Crippen LogP contribution is 2.16. The Labute approximate surface area is 126 Å². The molecule has 4 heteroatoms. The Kier molecular flexibility index (Phi) is 6.19. The van der Waals surface area contributed by atoms with Crippen LogP contribution in [-0.2, 0) is 11.3 Å². The highest BCUT2D eigenvalue weighted by atomic mass is 19.1. The minimum absolute atomic E-state index is 0.241. The molecule has 0 bridgehead atoms. The van der Waals surface area contributed by atoms with Crippen LogP contribution in [0.5, 0.6) is 0 Å². The fraction of sp³-hybridized carbons (Fsp3) is 0.529. The molecule has 0 radical (unpaired) electrons. The molecule has 0 amide bonds. The van der Waals surface area contributed by atoms with E-state index in [1.54, 1.807) is 0 Å². The van der Waals surface area contributed by atoms with Gasteiger partial charge in [-0.1, -0.05) is 17.9 Å². The van der Waals surface area contributed by atoms with E-state index in [9.17, 15) is 4.39 Å². The van der Waals surface area contributed by atoms with Crippen molar-refractivity contribution in [2.45, 2.75) is 19.4 Å². The highest BCUT2D eigenvalue weighted by molar-refractivity contribution is 5.38. The average molecular weight is 290 g/mol. The molecule has 2 rings (SSSR count). The third-order valence-electron chi connectivity index (χ3n) is 3.63. The van der Waals surface area contributed by atoms with Gasteiger partial charge < -0.3 is 15.4 Å². The van der Waals surface area contributed by atoms with Crippen LogP contribution in [0.25, 0.3) is 0 Å². The summed E-state index contributed by atoms with van der Waals surface area (Å²) >= 11 is 0. The van der Waals surface area contributed by atoms with Crippen molar-refractivity contribution < 1.29 is 9.13 Å². The van der Waals surface area contributed by atoms with E-state index in [0.717, 1.165) is 38.3 Å². The van der Waals surface area contributed by atoms with Gasteiger partial charge in [-0.05, 0) is 43.5 Å². The number of hydrogen-bond donors (Lipinski definition) is 1. The first-order chi connectivity index (χ1) is 10.2. The molecule has 3 nitrogen and oxygen atoms in total. The summed E-state index contributed by atoms with van der Waals surface area (Å²) < 4.78 is 19.1.